The normalized spacial score (nSPS) is 13.3. The van der Waals surface area contributed by atoms with Crippen molar-refractivity contribution < 1.29 is 0 Å². The minimum Gasteiger partial charge on any atom is -0.309 e. The second-order valence-corrected chi connectivity index (χ2v) is 5.51. The fraction of sp³-hybridized carbons (Fsp3) is 0.692. The van der Waals surface area contributed by atoms with E-state index in [9.17, 15) is 0 Å². The van der Waals surface area contributed by atoms with Gasteiger partial charge in [-0.1, -0.05) is 6.92 Å². The molecule has 0 saturated heterocycles. The predicted octanol–water partition coefficient (Wildman–Crippen LogP) is 3.05. The predicted molar refractivity (Wildman–Crippen MR) is 73.3 cm³/mol. The van der Waals surface area contributed by atoms with Crippen LogP contribution < -0.4 is 5.32 Å². The molecule has 92 valence electrons. The van der Waals surface area contributed by atoms with Crippen molar-refractivity contribution in [2.75, 3.05) is 27.2 Å². The first kappa shape index (κ1) is 13.7. The minimum absolute atomic E-state index is 0.530. The van der Waals surface area contributed by atoms with Crippen molar-refractivity contribution in [3.63, 3.8) is 0 Å². The molecule has 0 amide bonds. The second-order valence-electron chi connectivity index (χ2n) is 4.57. The first-order valence-electron chi connectivity index (χ1n) is 6.07. The molecule has 1 heterocycles. The summed E-state index contributed by atoms with van der Waals surface area (Å²) in [6.45, 7) is 6.67. The molecule has 0 aromatic carbocycles. The lowest BCUT2D eigenvalue weighted by Gasteiger charge is -2.20. The molecule has 0 saturated carbocycles. The van der Waals surface area contributed by atoms with Crippen molar-refractivity contribution >= 4 is 11.3 Å². The summed E-state index contributed by atoms with van der Waals surface area (Å²) in [6, 6.07) is 2.75. The van der Waals surface area contributed by atoms with E-state index in [0.29, 0.717) is 6.04 Å². The molecule has 0 aliphatic carbocycles. The molecule has 1 atom stereocenters. The fourth-order valence-corrected chi connectivity index (χ4v) is 2.81. The number of nitrogens with zero attached hydrogens (tertiary/aromatic N) is 1. The molecule has 0 aliphatic heterocycles. The molecular formula is C13H24N2S. The highest BCUT2D eigenvalue weighted by atomic mass is 32.1. The van der Waals surface area contributed by atoms with Crippen molar-refractivity contribution in [2.45, 2.75) is 32.7 Å². The van der Waals surface area contributed by atoms with Gasteiger partial charge in [0.2, 0.25) is 0 Å². The van der Waals surface area contributed by atoms with Crippen LogP contribution in [-0.4, -0.2) is 32.1 Å². The van der Waals surface area contributed by atoms with Crippen LogP contribution >= 0.6 is 11.3 Å². The van der Waals surface area contributed by atoms with Crippen LogP contribution in [0.15, 0.2) is 11.4 Å². The standard InChI is InChI=1S/C13H24N2S/c1-5-8-14-12(6-9-15(3)4)13-11(2)7-10-16-13/h7,10,12,14H,5-6,8-9H2,1-4H3. The lowest BCUT2D eigenvalue weighted by Crippen LogP contribution is -2.26. The summed E-state index contributed by atoms with van der Waals surface area (Å²) in [5, 5.41) is 5.85. The second kappa shape index (κ2) is 7.05. The Morgan fingerprint density at radius 2 is 2.19 bits per heavy atom. The molecular weight excluding hydrogens is 216 g/mol. The van der Waals surface area contributed by atoms with Crippen molar-refractivity contribution in [3.05, 3.63) is 21.9 Å². The number of hydrogen-bond acceptors (Lipinski definition) is 3. The Labute approximate surface area is 104 Å². The van der Waals surface area contributed by atoms with Crippen LogP contribution in [0.2, 0.25) is 0 Å². The van der Waals surface area contributed by atoms with E-state index in [4.69, 9.17) is 0 Å². The molecule has 0 radical (unpaired) electrons. The van der Waals surface area contributed by atoms with Crippen LogP contribution in [0.25, 0.3) is 0 Å². The van der Waals surface area contributed by atoms with Gasteiger partial charge in [-0.15, -0.1) is 11.3 Å². The molecule has 1 aromatic rings. The van der Waals surface area contributed by atoms with Crippen molar-refractivity contribution in [1.29, 1.82) is 0 Å². The van der Waals surface area contributed by atoms with E-state index in [1.165, 1.54) is 23.3 Å². The van der Waals surface area contributed by atoms with E-state index in [0.717, 1.165) is 13.1 Å². The molecule has 1 N–H and O–H groups in total. The molecule has 16 heavy (non-hydrogen) atoms. The number of rotatable bonds is 7. The van der Waals surface area contributed by atoms with Gasteiger partial charge in [0.05, 0.1) is 0 Å². The largest absolute Gasteiger partial charge is 0.309 e. The summed E-state index contributed by atoms with van der Waals surface area (Å²) in [5.41, 5.74) is 1.43. The zero-order valence-corrected chi connectivity index (χ0v) is 11.7. The lowest BCUT2D eigenvalue weighted by molar-refractivity contribution is 0.362. The van der Waals surface area contributed by atoms with Gasteiger partial charge < -0.3 is 10.2 Å². The molecule has 2 nitrogen and oxygen atoms in total. The van der Waals surface area contributed by atoms with Gasteiger partial charge in [0.1, 0.15) is 0 Å². The Kier molecular flexibility index (Phi) is 6.03. The third kappa shape index (κ3) is 4.24. The summed E-state index contributed by atoms with van der Waals surface area (Å²) in [4.78, 5) is 3.76. The molecule has 1 aromatic heterocycles. The van der Waals surface area contributed by atoms with Crippen molar-refractivity contribution in [2.24, 2.45) is 0 Å². The van der Waals surface area contributed by atoms with Crippen LogP contribution in [0.5, 0.6) is 0 Å². The maximum atomic E-state index is 3.65. The van der Waals surface area contributed by atoms with Gasteiger partial charge >= 0.3 is 0 Å². The summed E-state index contributed by atoms with van der Waals surface area (Å²) in [6.07, 6.45) is 2.39. The zero-order valence-electron chi connectivity index (χ0n) is 10.9. The van der Waals surface area contributed by atoms with E-state index in [1.54, 1.807) is 0 Å². The highest BCUT2D eigenvalue weighted by Gasteiger charge is 2.14. The van der Waals surface area contributed by atoms with E-state index in [1.807, 2.05) is 11.3 Å². The monoisotopic (exact) mass is 240 g/mol. The number of aryl methyl sites for hydroxylation is 1. The summed E-state index contributed by atoms with van der Waals surface area (Å²) in [5.74, 6) is 0. The van der Waals surface area contributed by atoms with Gasteiger partial charge in [-0.25, -0.2) is 0 Å². The van der Waals surface area contributed by atoms with Gasteiger partial charge in [0.15, 0.2) is 0 Å². The Hall–Kier alpha value is -0.380. The average Bonchev–Trinajstić information content (AvgIpc) is 2.65. The maximum Gasteiger partial charge on any atom is 0.0429 e. The van der Waals surface area contributed by atoms with Gasteiger partial charge in [-0.3, -0.25) is 0 Å². The van der Waals surface area contributed by atoms with Crippen molar-refractivity contribution in [1.82, 2.24) is 10.2 Å². The Balaban J connectivity index is 2.60. The molecule has 0 fully saturated rings. The summed E-state index contributed by atoms with van der Waals surface area (Å²) < 4.78 is 0. The molecule has 1 rings (SSSR count). The van der Waals surface area contributed by atoms with Gasteiger partial charge in [-0.05, 0) is 64.0 Å². The molecule has 0 spiro atoms. The average molecular weight is 240 g/mol. The Morgan fingerprint density at radius 3 is 2.69 bits per heavy atom. The molecule has 3 heteroatoms. The summed E-state index contributed by atoms with van der Waals surface area (Å²) >= 11 is 1.88. The molecule has 1 unspecified atom stereocenters. The third-order valence-corrected chi connectivity index (χ3v) is 3.86. The SMILES string of the molecule is CCCNC(CCN(C)C)c1sccc1C. The minimum atomic E-state index is 0.530. The number of thiophene rings is 1. The maximum absolute atomic E-state index is 3.65. The van der Waals surface area contributed by atoms with Crippen LogP contribution in [0.4, 0.5) is 0 Å². The first-order chi connectivity index (χ1) is 7.65. The lowest BCUT2D eigenvalue weighted by atomic mass is 10.1. The zero-order chi connectivity index (χ0) is 12.0. The van der Waals surface area contributed by atoms with Gasteiger partial charge in [0.25, 0.3) is 0 Å². The topological polar surface area (TPSA) is 15.3 Å². The fourth-order valence-electron chi connectivity index (χ4n) is 1.77. The van der Waals surface area contributed by atoms with Crippen LogP contribution in [0, 0.1) is 6.92 Å². The van der Waals surface area contributed by atoms with Crippen LogP contribution in [-0.2, 0) is 0 Å². The highest BCUT2D eigenvalue weighted by molar-refractivity contribution is 7.10. The van der Waals surface area contributed by atoms with Crippen LogP contribution in [0.1, 0.15) is 36.2 Å². The highest BCUT2D eigenvalue weighted by Crippen LogP contribution is 2.26. The van der Waals surface area contributed by atoms with E-state index < -0.39 is 0 Å². The van der Waals surface area contributed by atoms with Crippen LogP contribution in [0.3, 0.4) is 0 Å². The first-order valence-corrected chi connectivity index (χ1v) is 6.95. The third-order valence-electron chi connectivity index (χ3n) is 2.72. The smallest absolute Gasteiger partial charge is 0.0429 e. The van der Waals surface area contributed by atoms with E-state index >= 15 is 0 Å². The number of hydrogen-bond donors (Lipinski definition) is 1. The van der Waals surface area contributed by atoms with E-state index in [-0.39, 0.29) is 0 Å². The van der Waals surface area contributed by atoms with Gasteiger partial charge in [-0.2, -0.15) is 0 Å². The van der Waals surface area contributed by atoms with E-state index in [2.05, 4.69) is 49.6 Å². The molecule has 0 aliphatic rings. The van der Waals surface area contributed by atoms with Gasteiger partial charge in [0, 0.05) is 10.9 Å². The van der Waals surface area contributed by atoms with Crippen molar-refractivity contribution in [3.8, 4) is 0 Å². The summed E-state index contributed by atoms with van der Waals surface area (Å²) in [7, 11) is 4.27. The number of nitrogens with one attached hydrogen (secondary N) is 1. The Bertz CT molecular complexity index is 294. The Morgan fingerprint density at radius 1 is 1.44 bits per heavy atom. The quantitative estimate of drug-likeness (QED) is 0.788. The molecule has 0 bridgehead atoms.